The van der Waals surface area contributed by atoms with E-state index in [4.69, 9.17) is 27.1 Å². The third-order valence-electron chi connectivity index (χ3n) is 6.10. The molecule has 13 heteroatoms. The summed E-state index contributed by atoms with van der Waals surface area (Å²) in [5.41, 5.74) is 9.58. The number of nitrogens with zero attached hydrogens (tertiary/aromatic N) is 4. The van der Waals surface area contributed by atoms with E-state index in [-0.39, 0.29) is 18.0 Å². The highest BCUT2D eigenvalue weighted by Crippen LogP contribution is 2.31. The highest BCUT2D eigenvalue weighted by molar-refractivity contribution is 7.89. The number of aromatic nitrogens is 4. The van der Waals surface area contributed by atoms with Gasteiger partial charge in [0, 0.05) is 48.8 Å². The zero-order valence-electron chi connectivity index (χ0n) is 21.5. The Kier molecular flexibility index (Phi) is 8.33. The van der Waals surface area contributed by atoms with Crippen LogP contribution in [0.15, 0.2) is 82.8 Å². The smallest absolute Gasteiger partial charge is 0.240 e. The van der Waals surface area contributed by atoms with Crippen LogP contribution in [0, 0.1) is 0 Å². The molecule has 2 atom stereocenters. The summed E-state index contributed by atoms with van der Waals surface area (Å²) in [7, 11) is -2.09. The largest absolute Gasteiger partial charge is 0.374 e. The van der Waals surface area contributed by atoms with Gasteiger partial charge in [0.05, 0.1) is 22.0 Å². The molecule has 0 amide bonds. The molecule has 1 aliphatic rings. The second kappa shape index (κ2) is 12.1. The number of sulfonamides is 1. The van der Waals surface area contributed by atoms with Gasteiger partial charge in [-0.1, -0.05) is 41.9 Å². The predicted octanol–water partition coefficient (Wildman–Crippen LogP) is 3.35. The third-order valence-corrected chi connectivity index (χ3v) is 7.83. The minimum absolute atomic E-state index is 0.119. The third kappa shape index (κ3) is 6.27. The molecule has 5 rings (SSSR count). The standard InChI is InChI=1S/C27H27ClN8O3S/c1-39-22-15-18(16-32-25(22)29)23-24(36-26(35-23)17-5-3-2-4-6-17)21-11-12-30-27(34-21)31-13-14-33-40(37,38)20-9-7-19(28)8-10-20/h2-12,15-16,22,25,33H,13-14,29H2,1H3,(H,35,36)(H,30,31,34). The number of aromatic amines is 1. The second-order valence-electron chi connectivity index (χ2n) is 8.81. The van der Waals surface area contributed by atoms with Crippen molar-refractivity contribution in [2.75, 3.05) is 25.5 Å². The Morgan fingerprint density at radius 3 is 2.58 bits per heavy atom. The summed E-state index contributed by atoms with van der Waals surface area (Å²) in [6.07, 6.45) is 4.29. The van der Waals surface area contributed by atoms with Gasteiger partial charge in [-0.15, -0.1) is 0 Å². The number of hydrogen-bond donors (Lipinski definition) is 4. The normalized spacial score (nSPS) is 17.0. The number of methoxy groups -OCH3 is 1. The van der Waals surface area contributed by atoms with E-state index in [1.54, 1.807) is 25.6 Å². The van der Waals surface area contributed by atoms with Crippen LogP contribution in [0.4, 0.5) is 5.95 Å². The fraction of sp³-hybridized carbons (Fsp3) is 0.185. The maximum Gasteiger partial charge on any atom is 0.240 e. The SMILES string of the molecule is COC1C=C(c2nc(-c3ccccc3)[nH]c2-c2ccnc(NCCNS(=O)(=O)c3ccc(Cl)cc3)n2)C=NC1N. The molecule has 0 saturated heterocycles. The summed E-state index contributed by atoms with van der Waals surface area (Å²) in [5, 5.41) is 3.53. The zero-order valence-corrected chi connectivity index (χ0v) is 23.0. The molecule has 2 aromatic heterocycles. The number of rotatable bonds is 10. The summed E-state index contributed by atoms with van der Waals surface area (Å²) in [6, 6.07) is 17.4. The Morgan fingerprint density at radius 2 is 1.82 bits per heavy atom. The minimum Gasteiger partial charge on any atom is -0.374 e. The van der Waals surface area contributed by atoms with Crippen LogP contribution < -0.4 is 15.8 Å². The lowest BCUT2D eigenvalue weighted by molar-refractivity contribution is 0.120. The Hall–Kier alpha value is -3.94. The number of dihydropyridines is 1. The van der Waals surface area contributed by atoms with Crippen LogP contribution in [0.1, 0.15) is 5.69 Å². The van der Waals surface area contributed by atoms with Crippen molar-refractivity contribution in [1.29, 1.82) is 0 Å². The number of anilines is 1. The number of H-pyrrole nitrogens is 1. The summed E-state index contributed by atoms with van der Waals surface area (Å²) >= 11 is 5.85. The van der Waals surface area contributed by atoms with Gasteiger partial charge in [0.2, 0.25) is 16.0 Å². The van der Waals surface area contributed by atoms with Crippen molar-refractivity contribution in [2.45, 2.75) is 17.2 Å². The van der Waals surface area contributed by atoms with E-state index in [2.05, 4.69) is 30.0 Å². The first-order valence-electron chi connectivity index (χ1n) is 12.4. The molecule has 0 aliphatic carbocycles. The number of halogens is 1. The first-order valence-corrected chi connectivity index (χ1v) is 14.2. The maximum absolute atomic E-state index is 12.5. The predicted molar refractivity (Wildman–Crippen MR) is 155 cm³/mol. The molecule has 0 saturated carbocycles. The van der Waals surface area contributed by atoms with Crippen molar-refractivity contribution in [3.8, 4) is 22.8 Å². The van der Waals surface area contributed by atoms with Crippen LogP contribution in [-0.4, -0.2) is 67.0 Å². The molecule has 1 aliphatic heterocycles. The van der Waals surface area contributed by atoms with Crippen LogP contribution in [0.2, 0.25) is 5.02 Å². The van der Waals surface area contributed by atoms with Crippen molar-refractivity contribution < 1.29 is 13.2 Å². The highest BCUT2D eigenvalue weighted by Gasteiger charge is 2.24. The van der Waals surface area contributed by atoms with Crippen molar-refractivity contribution in [2.24, 2.45) is 10.7 Å². The van der Waals surface area contributed by atoms with Gasteiger partial charge < -0.3 is 20.8 Å². The zero-order chi connectivity index (χ0) is 28.1. The van der Waals surface area contributed by atoms with Gasteiger partial charge in [-0.25, -0.2) is 28.1 Å². The van der Waals surface area contributed by atoms with Gasteiger partial charge >= 0.3 is 0 Å². The van der Waals surface area contributed by atoms with E-state index in [9.17, 15) is 8.42 Å². The van der Waals surface area contributed by atoms with Gasteiger partial charge in [0.25, 0.3) is 0 Å². The van der Waals surface area contributed by atoms with Crippen molar-refractivity contribution >= 4 is 39.4 Å². The number of hydrogen-bond acceptors (Lipinski definition) is 9. The van der Waals surface area contributed by atoms with E-state index in [1.165, 1.54) is 24.3 Å². The topological polar surface area (TPSA) is 160 Å². The van der Waals surface area contributed by atoms with Gasteiger partial charge in [-0.2, -0.15) is 0 Å². The number of benzene rings is 2. The van der Waals surface area contributed by atoms with E-state index < -0.39 is 22.3 Å². The Morgan fingerprint density at radius 1 is 1.05 bits per heavy atom. The average Bonchev–Trinajstić information content (AvgIpc) is 3.42. The molecule has 40 heavy (non-hydrogen) atoms. The van der Waals surface area contributed by atoms with Crippen LogP contribution in [0.5, 0.6) is 0 Å². The van der Waals surface area contributed by atoms with Crippen molar-refractivity contribution in [3.63, 3.8) is 0 Å². The maximum atomic E-state index is 12.5. The molecular formula is C27H27ClN8O3S. The van der Waals surface area contributed by atoms with E-state index in [0.29, 0.717) is 33.9 Å². The molecule has 11 nitrogen and oxygen atoms in total. The molecular weight excluding hydrogens is 552 g/mol. The fourth-order valence-corrected chi connectivity index (χ4v) is 5.22. The van der Waals surface area contributed by atoms with E-state index in [1.807, 2.05) is 36.4 Å². The molecule has 0 fully saturated rings. The first kappa shape index (κ1) is 27.6. The lowest BCUT2D eigenvalue weighted by Crippen LogP contribution is -2.35. The van der Waals surface area contributed by atoms with E-state index in [0.717, 1.165) is 11.1 Å². The summed E-state index contributed by atoms with van der Waals surface area (Å²) in [5.74, 6) is 0.988. The number of nitrogens with two attached hydrogens (primary N) is 1. The van der Waals surface area contributed by atoms with Crippen molar-refractivity contribution in [3.05, 3.63) is 83.7 Å². The molecule has 4 aromatic rings. The molecule has 206 valence electrons. The lowest BCUT2D eigenvalue weighted by atomic mass is 10.0. The quantitative estimate of drug-likeness (QED) is 0.208. The molecule has 0 bridgehead atoms. The van der Waals surface area contributed by atoms with Crippen LogP contribution in [-0.2, 0) is 14.8 Å². The molecule has 3 heterocycles. The minimum atomic E-state index is -3.68. The summed E-state index contributed by atoms with van der Waals surface area (Å²) in [4.78, 5) is 21.7. The monoisotopic (exact) mass is 578 g/mol. The van der Waals surface area contributed by atoms with Crippen molar-refractivity contribution in [1.82, 2.24) is 24.7 Å². The first-order chi connectivity index (χ1) is 19.3. The number of nitrogens with one attached hydrogen (secondary N) is 3. The van der Waals surface area contributed by atoms with Gasteiger partial charge in [0.1, 0.15) is 18.1 Å². The van der Waals surface area contributed by atoms with E-state index >= 15 is 0 Å². The van der Waals surface area contributed by atoms with Crippen LogP contribution in [0.3, 0.4) is 0 Å². The Balaban J connectivity index is 1.37. The second-order valence-corrected chi connectivity index (χ2v) is 11.0. The number of imidazole rings is 1. The van der Waals surface area contributed by atoms with Crippen LogP contribution in [0.25, 0.3) is 28.3 Å². The molecule has 2 unspecified atom stereocenters. The Bertz CT molecular complexity index is 1640. The summed E-state index contributed by atoms with van der Waals surface area (Å²) in [6.45, 7) is 0.376. The number of allylic oxidation sites excluding steroid dienone is 1. The highest BCUT2D eigenvalue weighted by atomic mass is 35.5. The molecule has 5 N–H and O–H groups in total. The van der Waals surface area contributed by atoms with Gasteiger partial charge in [-0.3, -0.25) is 4.99 Å². The molecule has 0 radical (unpaired) electrons. The Labute approximate surface area is 236 Å². The number of aliphatic imine (C=N–C) groups is 1. The molecule has 0 spiro atoms. The van der Waals surface area contributed by atoms with Gasteiger partial charge in [0.15, 0.2) is 0 Å². The fourth-order valence-electron chi connectivity index (χ4n) is 4.06. The average molecular weight is 579 g/mol. The number of ether oxygens (including phenoxy) is 1. The lowest BCUT2D eigenvalue weighted by Gasteiger charge is -2.20. The van der Waals surface area contributed by atoms with Gasteiger partial charge in [-0.05, 0) is 36.4 Å². The van der Waals surface area contributed by atoms with Crippen LogP contribution >= 0.6 is 11.6 Å². The molecule has 2 aromatic carbocycles. The summed E-state index contributed by atoms with van der Waals surface area (Å²) < 4.78 is 33.0.